The van der Waals surface area contributed by atoms with Crippen molar-refractivity contribution in [1.82, 2.24) is 0 Å². The first-order chi connectivity index (χ1) is 9.65. The molecular weight excluding hydrogens is 248 g/mol. The van der Waals surface area contributed by atoms with Gasteiger partial charge in [0, 0.05) is 5.56 Å². The summed E-state index contributed by atoms with van der Waals surface area (Å²) >= 11 is 0. The van der Waals surface area contributed by atoms with Crippen LogP contribution in [0.4, 0.5) is 0 Å². The molecule has 0 saturated carbocycles. The second-order valence-corrected chi connectivity index (χ2v) is 4.73. The van der Waals surface area contributed by atoms with Crippen LogP contribution in [0.25, 0.3) is 0 Å². The predicted molar refractivity (Wildman–Crippen MR) is 82.0 cm³/mol. The van der Waals surface area contributed by atoms with Gasteiger partial charge in [-0.3, -0.25) is 4.79 Å². The zero-order chi connectivity index (χ0) is 14.8. The van der Waals surface area contributed by atoms with Gasteiger partial charge in [-0.15, -0.1) is 0 Å². The van der Waals surface area contributed by atoms with Gasteiger partial charge >= 0.3 is 0 Å². The number of hydrogen-bond donors (Lipinski definition) is 0. The number of rotatable bonds is 4. The van der Waals surface area contributed by atoms with Gasteiger partial charge in [0.25, 0.3) is 0 Å². The molecule has 2 aromatic carbocycles. The summed E-state index contributed by atoms with van der Waals surface area (Å²) < 4.78 is 0. The lowest BCUT2D eigenvalue weighted by atomic mass is 10.0. The van der Waals surface area contributed by atoms with Gasteiger partial charge < -0.3 is 4.79 Å². The molecule has 0 bridgehead atoms. The van der Waals surface area contributed by atoms with E-state index in [-0.39, 0.29) is 12.2 Å². The summed E-state index contributed by atoms with van der Waals surface area (Å²) in [5.74, 6) is 0.534. The highest BCUT2D eigenvalue weighted by molar-refractivity contribution is 6.02. The van der Waals surface area contributed by atoms with E-state index in [1.165, 1.54) is 5.56 Å². The molecule has 0 N–H and O–H groups in total. The van der Waals surface area contributed by atoms with Crippen molar-refractivity contribution in [2.75, 3.05) is 0 Å². The average Bonchev–Trinajstić information content (AvgIpc) is 2.50. The second kappa shape index (κ2) is 8.81. The Labute approximate surface area is 120 Å². The van der Waals surface area contributed by atoms with E-state index in [2.05, 4.69) is 38.1 Å². The van der Waals surface area contributed by atoms with Crippen LogP contribution in [0.3, 0.4) is 0 Å². The largest absolute Gasteiger partial charge is 0.303 e. The van der Waals surface area contributed by atoms with Crippen molar-refractivity contribution in [1.29, 1.82) is 0 Å². The smallest absolute Gasteiger partial charge is 0.169 e. The number of Topliss-reactive ketones (excluding diaryl/α,β-unsaturated/α-hetero) is 1. The third kappa shape index (κ3) is 5.61. The van der Waals surface area contributed by atoms with E-state index in [9.17, 15) is 9.59 Å². The number of carbonyl (C=O) groups is 2. The average molecular weight is 268 g/mol. The van der Waals surface area contributed by atoms with Crippen LogP contribution in [0, 0.1) is 0 Å². The SMILES string of the molecule is CC(C)c1ccccc1.O=CCC(=O)c1ccccc1. The van der Waals surface area contributed by atoms with E-state index in [4.69, 9.17) is 0 Å². The van der Waals surface area contributed by atoms with Gasteiger partial charge in [-0.1, -0.05) is 74.5 Å². The quantitative estimate of drug-likeness (QED) is 0.471. The molecule has 2 rings (SSSR count). The fourth-order valence-corrected chi connectivity index (χ4v) is 1.66. The molecular formula is C18H20O2. The second-order valence-electron chi connectivity index (χ2n) is 4.73. The van der Waals surface area contributed by atoms with Crippen LogP contribution in [0.15, 0.2) is 60.7 Å². The molecule has 20 heavy (non-hydrogen) atoms. The van der Waals surface area contributed by atoms with E-state index < -0.39 is 0 Å². The molecule has 2 aromatic rings. The fraction of sp³-hybridized carbons (Fsp3) is 0.222. The van der Waals surface area contributed by atoms with Gasteiger partial charge in [-0.25, -0.2) is 0 Å². The van der Waals surface area contributed by atoms with Gasteiger partial charge in [-0.05, 0) is 11.5 Å². The highest BCUT2D eigenvalue weighted by atomic mass is 16.1. The van der Waals surface area contributed by atoms with E-state index >= 15 is 0 Å². The summed E-state index contributed by atoms with van der Waals surface area (Å²) in [7, 11) is 0. The molecule has 0 radical (unpaired) electrons. The zero-order valence-electron chi connectivity index (χ0n) is 12.0. The number of carbonyl (C=O) groups excluding carboxylic acids is 2. The molecule has 0 atom stereocenters. The fourth-order valence-electron chi connectivity index (χ4n) is 1.66. The van der Waals surface area contributed by atoms with Gasteiger partial charge in [0.05, 0.1) is 6.42 Å². The Morgan fingerprint density at radius 3 is 1.85 bits per heavy atom. The Morgan fingerprint density at radius 2 is 1.45 bits per heavy atom. The van der Waals surface area contributed by atoms with Crippen LogP contribution < -0.4 is 0 Å². The minimum atomic E-state index is -0.124. The Kier molecular flexibility index (Phi) is 6.97. The lowest BCUT2D eigenvalue weighted by Crippen LogP contribution is -1.98. The first-order valence-electron chi connectivity index (χ1n) is 6.72. The normalized spacial score (nSPS) is 9.55. The van der Waals surface area contributed by atoms with Crippen LogP contribution >= 0.6 is 0 Å². The lowest BCUT2D eigenvalue weighted by molar-refractivity contribution is -0.107. The summed E-state index contributed by atoms with van der Waals surface area (Å²) in [6.07, 6.45) is 0.597. The molecule has 0 spiro atoms. The van der Waals surface area contributed by atoms with Crippen molar-refractivity contribution >= 4 is 12.1 Å². The summed E-state index contributed by atoms with van der Waals surface area (Å²) in [5.41, 5.74) is 2.01. The van der Waals surface area contributed by atoms with Crippen LogP contribution in [0.5, 0.6) is 0 Å². The number of ketones is 1. The maximum atomic E-state index is 11.0. The highest BCUT2D eigenvalue weighted by Crippen LogP contribution is 2.11. The molecule has 104 valence electrons. The zero-order valence-corrected chi connectivity index (χ0v) is 12.0. The predicted octanol–water partition coefficient (Wildman–Crippen LogP) is 4.27. The molecule has 0 aliphatic heterocycles. The van der Waals surface area contributed by atoms with E-state index in [0.29, 0.717) is 17.8 Å². The molecule has 0 saturated heterocycles. The maximum Gasteiger partial charge on any atom is 0.169 e. The summed E-state index contributed by atoms with van der Waals surface area (Å²) in [6, 6.07) is 19.3. The molecule has 0 amide bonds. The molecule has 0 fully saturated rings. The molecule has 0 aliphatic rings. The molecule has 0 aliphatic carbocycles. The first kappa shape index (κ1) is 15.8. The lowest BCUT2D eigenvalue weighted by Gasteiger charge is -2.01. The number of aldehydes is 1. The van der Waals surface area contributed by atoms with Crippen molar-refractivity contribution in [3.8, 4) is 0 Å². The monoisotopic (exact) mass is 268 g/mol. The molecule has 0 heterocycles. The molecule has 0 aromatic heterocycles. The van der Waals surface area contributed by atoms with Crippen LogP contribution in [-0.4, -0.2) is 12.1 Å². The minimum Gasteiger partial charge on any atom is -0.303 e. The Morgan fingerprint density at radius 1 is 0.950 bits per heavy atom. The Hall–Kier alpha value is -2.22. The van der Waals surface area contributed by atoms with E-state index in [1.54, 1.807) is 24.3 Å². The summed E-state index contributed by atoms with van der Waals surface area (Å²) in [5, 5.41) is 0. The number of hydrogen-bond acceptors (Lipinski definition) is 2. The van der Waals surface area contributed by atoms with E-state index in [1.807, 2.05) is 12.1 Å². The van der Waals surface area contributed by atoms with Gasteiger partial charge in [0.2, 0.25) is 0 Å². The van der Waals surface area contributed by atoms with Crippen molar-refractivity contribution in [3.05, 3.63) is 71.8 Å². The Bertz CT molecular complexity index is 516. The van der Waals surface area contributed by atoms with Crippen LogP contribution in [0.1, 0.15) is 42.1 Å². The van der Waals surface area contributed by atoms with Crippen molar-refractivity contribution < 1.29 is 9.59 Å². The topological polar surface area (TPSA) is 34.1 Å². The van der Waals surface area contributed by atoms with Crippen molar-refractivity contribution in [3.63, 3.8) is 0 Å². The van der Waals surface area contributed by atoms with Crippen LogP contribution in [0.2, 0.25) is 0 Å². The van der Waals surface area contributed by atoms with Crippen molar-refractivity contribution in [2.24, 2.45) is 0 Å². The Balaban J connectivity index is 0.000000204. The van der Waals surface area contributed by atoms with Crippen LogP contribution in [-0.2, 0) is 4.79 Å². The third-order valence-corrected chi connectivity index (χ3v) is 2.83. The molecule has 0 unspecified atom stereocenters. The molecule has 2 heteroatoms. The van der Waals surface area contributed by atoms with Gasteiger partial charge in [-0.2, -0.15) is 0 Å². The minimum absolute atomic E-state index is 0.0238. The van der Waals surface area contributed by atoms with Crippen molar-refractivity contribution in [2.45, 2.75) is 26.2 Å². The summed E-state index contributed by atoms with van der Waals surface area (Å²) in [6.45, 7) is 4.41. The summed E-state index contributed by atoms with van der Waals surface area (Å²) in [4.78, 5) is 21.0. The first-order valence-corrected chi connectivity index (χ1v) is 6.72. The number of benzene rings is 2. The third-order valence-electron chi connectivity index (χ3n) is 2.83. The molecule has 2 nitrogen and oxygen atoms in total. The van der Waals surface area contributed by atoms with E-state index in [0.717, 1.165) is 0 Å². The standard InChI is InChI=1S/C9H8O2.C9H12/c10-7-6-9(11)8-4-2-1-3-5-8;1-8(2)9-6-4-3-5-7-9/h1-5,7H,6H2;3-8H,1-2H3. The van der Waals surface area contributed by atoms with Gasteiger partial charge in [0.15, 0.2) is 5.78 Å². The maximum absolute atomic E-state index is 11.0. The van der Waals surface area contributed by atoms with Gasteiger partial charge in [0.1, 0.15) is 6.29 Å². The highest BCUT2D eigenvalue weighted by Gasteiger charge is 2.01.